The van der Waals surface area contributed by atoms with Crippen molar-refractivity contribution in [3.63, 3.8) is 0 Å². The molecule has 1 aromatic rings. The zero-order chi connectivity index (χ0) is 23.7. The number of carbonyl (C=O) groups is 2. The van der Waals surface area contributed by atoms with Gasteiger partial charge < -0.3 is 10.2 Å². The summed E-state index contributed by atoms with van der Waals surface area (Å²) in [6.45, 7) is 4.00. The first-order chi connectivity index (χ1) is 16.5. The van der Waals surface area contributed by atoms with E-state index < -0.39 is 0 Å². The number of amides is 2. The minimum absolute atomic E-state index is 0.0297. The van der Waals surface area contributed by atoms with Crippen molar-refractivity contribution in [3.05, 3.63) is 35.4 Å². The molecule has 0 radical (unpaired) electrons. The molecule has 2 saturated heterocycles. The van der Waals surface area contributed by atoms with Crippen molar-refractivity contribution in [1.82, 2.24) is 20.0 Å². The minimum atomic E-state index is -0.0297. The van der Waals surface area contributed by atoms with Crippen LogP contribution in [0.4, 0.5) is 0 Å². The lowest BCUT2D eigenvalue weighted by Crippen LogP contribution is -2.61. The Morgan fingerprint density at radius 1 is 1.00 bits per heavy atom. The van der Waals surface area contributed by atoms with Crippen molar-refractivity contribution < 1.29 is 9.59 Å². The number of rotatable bonds is 4. The Balaban J connectivity index is 1.16. The van der Waals surface area contributed by atoms with Crippen LogP contribution in [0, 0.1) is 5.92 Å². The molecule has 5 rings (SSSR count). The number of nitrogens with zero attached hydrogens (tertiary/aromatic N) is 3. The van der Waals surface area contributed by atoms with Crippen LogP contribution in [0.1, 0.15) is 67.3 Å². The molecule has 1 aromatic carbocycles. The zero-order valence-corrected chi connectivity index (χ0v) is 22.2. The van der Waals surface area contributed by atoms with Gasteiger partial charge in [0.2, 0.25) is 5.91 Å². The van der Waals surface area contributed by atoms with Crippen LogP contribution in [0.2, 0.25) is 0 Å². The van der Waals surface area contributed by atoms with E-state index in [1.165, 1.54) is 32.1 Å². The molecular weight excluding hydrogens is 512 g/mol. The summed E-state index contributed by atoms with van der Waals surface area (Å²) < 4.78 is 0. The first-order valence-corrected chi connectivity index (χ1v) is 14.2. The van der Waals surface area contributed by atoms with E-state index >= 15 is 0 Å². The third-order valence-corrected chi connectivity index (χ3v) is 9.33. The molecule has 6 nitrogen and oxygen atoms in total. The predicted octanol–water partition coefficient (Wildman–Crippen LogP) is 3.93. The summed E-state index contributed by atoms with van der Waals surface area (Å²) in [5.41, 5.74) is 1.70. The highest BCUT2D eigenvalue weighted by Crippen LogP contribution is 2.33. The van der Waals surface area contributed by atoms with Gasteiger partial charge in [-0.05, 0) is 62.0 Å². The van der Waals surface area contributed by atoms with Crippen LogP contribution in [0.15, 0.2) is 24.3 Å². The van der Waals surface area contributed by atoms with E-state index in [-0.39, 0.29) is 23.8 Å². The maximum atomic E-state index is 13.2. The number of nitrogens with one attached hydrogen (secondary N) is 1. The monoisotopic (exact) mass is 546 g/mol. The van der Waals surface area contributed by atoms with Crippen LogP contribution in [-0.2, 0) is 11.3 Å². The highest BCUT2D eigenvalue weighted by molar-refractivity contribution is 9.09. The summed E-state index contributed by atoms with van der Waals surface area (Å²) in [6.07, 6.45) is 9.56. The molecule has 2 aliphatic heterocycles. The predicted molar refractivity (Wildman–Crippen MR) is 141 cm³/mol. The normalized spacial score (nSPS) is 29.0. The summed E-state index contributed by atoms with van der Waals surface area (Å²) in [4.78, 5) is 32.9. The fourth-order valence-electron chi connectivity index (χ4n) is 6.11. The average Bonchev–Trinajstić information content (AvgIpc) is 2.88. The molecule has 0 aromatic heterocycles. The number of alkyl halides is 1. The number of halogens is 1. The third-order valence-electron chi connectivity index (χ3n) is 8.16. The number of hydrogen-bond acceptors (Lipinski definition) is 4. The molecule has 2 saturated carbocycles. The first-order valence-electron chi connectivity index (χ1n) is 12.9. The number of fused-ring (bicyclic) bond motifs is 1. The van der Waals surface area contributed by atoms with Gasteiger partial charge in [-0.1, -0.05) is 47.3 Å². The van der Waals surface area contributed by atoms with E-state index in [0.717, 1.165) is 56.6 Å². The average molecular weight is 548 g/mol. The van der Waals surface area contributed by atoms with Crippen molar-refractivity contribution in [2.75, 3.05) is 26.2 Å². The van der Waals surface area contributed by atoms with Gasteiger partial charge in [-0.3, -0.25) is 19.4 Å². The molecule has 3 unspecified atom stereocenters. The Kier molecular flexibility index (Phi) is 7.56. The molecule has 2 amide bonds. The second-order valence-electron chi connectivity index (χ2n) is 10.3. The zero-order valence-electron chi connectivity index (χ0n) is 19.8. The molecular formula is C26H35BrN4O2S. The molecule has 34 heavy (non-hydrogen) atoms. The summed E-state index contributed by atoms with van der Waals surface area (Å²) >= 11 is 9.22. The number of thiocarbonyl (C=S) groups is 1. The summed E-state index contributed by atoms with van der Waals surface area (Å²) in [5.74, 6) is 0.196. The molecule has 3 atom stereocenters. The summed E-state index contributed by atoms with van der Waals surface area (Å²) in [6, 6.07) is 8.59. The summed E-state index contributed by atoms with van der Waals surface area (Å²) in [5, 5.41) is 3.91. The van der Waals surface area contributed by atoms with Gasteiger partial charge in [-0.2, -0.15) is 0 Å². The number of piperazine rings is 1. The molecule has 0 spiro atoms. The second kappa shape index (κ2) is 10.6. The molecule has 8 heteroatoms. The third kappa shape index (κ3) is 5.19. The molecule has 4 aliphatic rings. The van der Waals surface area contributed by atoms with Gasteiger partial charge in [0.15, 0.2) is 5.11 Å². The number of benzene rings is 1. The second-order valence-corrected chi connectivity index (χ2v) is 12.0. The lowest BCUT2D eigenvalue weighted by atomic mass is 9.82. The lowest BCUT2D eigenvalue weighted by molar-refractivity contribution is -0.135. The summed E-state index contributed by atoms with van der Waals surface area (Å²) in [7, 11) is 0. The Morgan fingerprint density at radius 2 is 1.71 bits per heavy atom. The van der Waals surface area contributed by atoms with Gasteiger partial charge in [-0.15, -0.1) is 0 Å². The largest absolute Gasteiger partial charge is 0.359 e. The maximum Gasteiger partial charge on any atom is 0.253 e. The van der Waals surface area contributed by atoms with Crippen LogP contribution < -0.4 is 5.32 Å². The van der Waals surface area contributed by atoms with Crippen molar-refractivity contribution >= 4 is 45.1 Å². The van der Waals surface area contributed by atoms with Crippen LogP contribution in [0.25, 0.3) is 0 Å². The standard InChI is InChI=1S/C26H35BrN4O2S/c27-20-10-11-23-22(16-20)25(33)31(26(34)28-23)17-18-6-8-19(9-7-18)24(32)30-14-12-29(13-15-30)21-4-2-1-3-5-21/h6-9,20-23H,1-5,10-17H2,(H,28,34). The van der Waals surface area contributed by atoms with Crippen LogP contribution in [0.3, 0.4) is 0 Å². The van der Waals surface area contributed by atoms with E-state index in [1.807, 2.05) is 29.2 Å². The van der Waals surface area contributed by atoms with Gasteiger partial charge in [0.25, 0.3) is 5.91 Å². The molecule has 2 aliphatic carbocycles. The van der Waals surface area contributed by atoms with Crippen molar-refractivity contribution in [1.29, 1.82) is 0 Å². The van der Waals surface area contributed by atoms with E-state index in [4.69, 9.17) is 12.2 Å². The van der Waals surface area contributed by atoms with Gasteiger partial charge in [0, 0.05) is 48.7 Å². The Labute approximate surface area is 216 Å². The fourth-order valence-corrected chi connectivity index (χ4v) is 7.08. The van der Waals surface area contributed by atoms with Gasteiger partial charge in [0.05, 0.1) is 12.5 Å². The van der Waals surface area contributed by atoms with Crippen LogP contribution in [-0.4, -0.2) is 74.7 Å². The van der Waals surface area contributed by atoms with Gasteiger partial charge >= 0.3 is 0 Å². The van der Waals surface area contributed by atoms with E-state index in [9.17, 15) is 9.59 Å². The molecule has 2 heterocycles. The topological polar surface area (TPSA) is 55.9 Å². The maximum absolute atomic E-state index is 13.2. The van der Waals surface area contributed by atoms with Crippen molar-refractivity contribution in [3.8, 4) is 0 Å². The smallest absolute Gasteiger partial charge is 0.253 e. The lowest BCUT2D eigenvalue weighted by Gasteiger charge is -2.43. The van der Waals surface area contributed by atoms with Gasteiger partial charge in [-0.25, -0.2) is 0 Å². The van der Waals surface area contributed by atoms with E-state index in [0.29, 0.717) is 22.5 Å². The van der Waals surface area contributed by atoms with Crippen LogP contribution >= 0.6 is 28.1 Å². The minimum Gasteiger partial charge on any atom is -0.359 e. The quantitative estimate of drug-likeness (QED) is 0.458. The molecule has 0 bridgehead atoms. The Morgan fingerprint density at radius 3 is 2.41 bits per heavy atom. The van der Waals surface area contributed by atoms with Crippen LogP contribution in [0.5, 0.6) is 0 Å². The van der Waals surface area contributed by atoms with E-state index in [2.05, 4.69) is 26.1 Å². The molecule has 4 fully saturated rings. The van der Waals surface area contributed by atoms with E-state index in [1.54, 1.807) is 4.90 Å². The molecule has 1 N–H and O–H groups in total. The number of carbonyl (C=O) groups excluding carboxylic acids is 2. The SMILES string of the molecule is O=C(c1ccc(CN2C(=O)C3CC(Br)CCC3NC2=S)cc1)N1CCN(C2CCCCC2)CC1. The Bertz CT molecular complexity index is 912. The molecule has 184 valence electrons. The van der Waals surface area contributed by atoms with Crippen molar-refractivity contribution in [2.45, 2.75) is 74.8 Å². The van der Waals surface area contributed by atoms with Gasteiger partial charge in [0.1, 0.15) is 0 Å². The van der Waals surface area contributed by atoms with Crippen molar-refractivity contribution in [2.24, 2.45) is 5.92 Å². The fraction of sp³-hybridized carbons (Fsp3) is 0.654. The Hall–Kier alpha value is -1.51. The first kappa shape index (κ1) is 24.2. The highest BCUT2D eigenvalue weighted by atomic mass is 79.9. The highest BCUT2D eigenvalue weighted by Gasteiger charge is 2.42. The number of hydrogen-bond donors (Lipinski definition) is 1.